The Morgan fingerprint density at radius 3 is 2.31 bits per heavy atom. The molecule has 2 amide bonds. The number of methoxy groups -OCH3 is 1. The van der Waals surface area contributed by atoms with E-state index in [9.17, 15) is 9.59 Å². The van der Waals surface area contributed by atoms with Crippen LogP contribution >= 0.6 is 0 Å². The van der Waals surface area contributed by atoms with Crippen LogP contribution in [0.5, 0.6) is 0 Å². The third kappa shape index (κ3) is 5.05. The number of primary amides is 1. The molecule has 0 rings (SSSR count). The Kier molecular flexibility index (Phi) is 4.87. The summed E-state index contributed by atoms with van der Waals surface area (Å²) in [4.78, 5) is 21.6. The second-order valence-corrected chi connectivity index (χ2v) is 3.21. The predicted molar refractivity (Wildman–Crippen MR) is 48.0 cm³/mol. The molecule has 0 heterocycles. The minimum Gasteiger partial charge on any atom is -0.467 e. The number of rotatable bonds is 4. The van der Waals surface area contributed by atoms with Crippen molar-refractivity contribution in [3.05, 3.63) is 0 Å². The number of carbonyl (C=O) groups is 2. The van der Waals surface area contributed by atoms with Gasteiger partial charge in [0.15, 0.2) is 0 Å². The van der Waals surface area contributed by atoms with Gasteiger partial charge in [0.05, 0.1) is 7.11 Å². The molecule has 5 heteroatoms. The number of esters is 1. The zero-order chi connectivity index (χ0) is 10.4. The van der Waals surface area contributed by atoms with E-state index in [0.29, 0.717) is 6.42 Å². The Hall–Kier alpha value is -1.26. The minimum atomic E-state index is -0.712. The van der Waals surface area contributed by atoms with Gasteiger partial charge in [-0.25, -0.2) is 9.59 Å². The van der Waals surface area contributed by atoms with Gasteiger partial charge in [-0.1, -0.05) is 13.8 Å². The molecule has 0 aliphatic carbocycles. The summed E-state index contributed by atoms with van der Waals surface area (Å²) in [5.41, 5.74) is 4.90. The van der Waals surface area contributed by atoms with Crippen molar-refractivity contribution >= 4 is 12.0 Å². The molecule has 0 aromatic heterocycles. The first-order valence-corrected chi connectivity index (χ1v) is 4.11. The highest BCUT2D eigenvalue weighted by atomic mass is 16.5. The highest BCUT2D eigenvalue weighted by molar-refractivity contribution is 5.82. The molecule has 0 radical (unpaired) electrons. The molecule has 0 fully saturated rings. The minimum absolute atomic E-state index is 0.288. The van der Waals surface area contributed by atoms with E-state index < -0.39 is 18.0 Å². The molecule has 3 N–H and O–H groups in total. The number of carbonyl (C=O) groups excluding carboxylic acids is 2. The number of urea groups is 1. The fourth-order valence-electron chi connectivity index (χ4n) is 0.999. The zero-order valence-corrected chi connectivity index (χ0v) is 8.16. The Morgan fingerprint density at radius 2 is 2.00 bits per heavy atom. The maximum absolute atomic E-state index is 11.1. The summed E-state index contributed by atoms with van der Waals surface area (Å²) in [6, 6.07) is -1.35. The van der Waals surface area contributed by atoms with Crippen LogP contribution in [-0.2, 0) is 9.53 Å². The van der Waals surface area contributed by atoms with Crippen LogP contribution in [0.1, 0.15) is 20.3 Å². The van der Waals surface area contributed by atoms with Gasteiger partial charge in [-0.2, -0.15) is 0 Å². The summed E-state index contributed by atoms with van der Waals surface area (Å²) in [6.45, 7) is 3.89. The summed E-state index contributed by atoms with van der Waals surface area (Å²) in [5.74, 6) is -0.177. The van der Waals surface area contributed by atoms with Crippen LogP contribution < -0.4 is 11.1 Å². The van der Waals surface area contributed by atoms with Gasteiger partial charge in [-0.15, -0.1) is 0 Å². The molecule has 0 aromatic rings. The van der Waals surface area contributed by atoms with Crippen molar-refractivity contribution in [1.29, 1.82) is 0 Å². The molecule has 0 aromatic carbocycles. The van der Waals surface area contributed by atoms with Crippen molar-refractivity contribution in [2.24, 2.45) is 11.7 Å². The molecule has 0 saturated heterocycles. The number of amides is 2. The average molecular weight is 188 g/mol. The Balaban J connectivity index is 4.18. The maximum atomic E-state index is 11.1. The largest absolute Gasteiger partial charge is 0.467 e. The first-order chi connectivity index (χ1) is 5.97. The van der Waals surface area contributed by atoms with Crippen LogP contribution in [0.25, 0.3) is 0 Å². The smallest absolute Gasteiger partial charge is 0.328 e. The SMILES string of the molecule is COC(=O)C(CC(C)C)NC(N)=O. The van der Waals surface area contributed by atoms with E-state index in [2.05, 4.69) is 10.1 Å². The van der Waals surface area contributed by atoms with Crippen molar-refractivity contribution < 1.29 is 14.3 Å². The van der Waals surface area contributed by atoms with E-state index in [1.165, 1.54) is 7.11 Å². The molecule has 13 heavy (non-hydrogen) atoms. The van der Waals surface area contributed by atoms with E-state index in [-0.39, 0.29) is 5.92 Å². The lowest BCUT2D eigenvalue weighted by Gasteiger charge is -2.16. The Morgan fingerprint density at radius 1 is 1.46 bits per heavy atom. The standard InChI is InChI=1S/C8H16N2O3/c1-5(2)4-6(7(11)13-3)10-8(9)12/h5-6H,4H2,1-3H3,(H3,9,10,12). The van der Waals surface area contributed by atoms with Crippen LogP contribution in [0.15, 0.2) is 0 Å². The van der Waals surface area contributed by atoms with Crippen LogP contribution in [-0.4, -0.2) is 25.2 Å². The van der Waals surface area contributed by atoms with E-state index in [1.54, 1.807) is 0 Å². The van der Waals surface area contributed by atoms with E-state index >= 15 is 0 Å². The summed E-state index contributed by atoms with van der Waals surface area (Å²) in [6.07, 6.45) is 0.523. The average Bonchev–Trinajstić information content (AvgIpc) is 2.00. The Bertz CT molecular complexity index is 192. The normalized spacial score (nSPS) is 12.3. The van der Waals surface area contributed by atoms with Crippen molar-refractivity contribution in [2.45, 2.75) is 26.3 Å². The van der Waals surface area contributed by atoms with Gasteiger partial charge in [0, 0.05) is 0 Å². The molecule has 1 atom stereocenters. The molecular weight excluding hydrogens is 172 g/mol. The number of hydrogen-bond acceptors (Lipinski definition) is 3. The fraction of sp³-hybridized carbons (Fsp3) is 0.750. The van der Waals surface area contributed by atoms with Crippen molar-refractivity contribution in [2.75, 3.05) is 7.11 Å². The molecule has 0 aliphatic rings. The molecular formula is C8H16N2O3. The number of nitrogens with one attached hydrogen (secondary N) is 1. The lowest BCUT2D eigenvalue weighted by atomic mass is 10.0. The molecule has 0 spiro atoms. The van der Waals surface area contributed by atoms with Crippen LogP contribution in [0.4, 0.5) is 4.79 Å². The topological polar surface area (TPSA) is 81.4 Å². The number of nitrogens with two attached hydrogens (primary N) is 1. The van der Waals surface area contributed by atoms with Crippen molar-refractivity contribution in [3.63, 3.8) is 0 Å². The van der Waals surface area contributed by atoms with E-state index in [0.717, 1.165) is 0 Å². The van der Waals surface area contributed by atoms with Gasteiger partial charge >= 0.3 is 12.0 Å². The van der Waals surface area contributed by atoms with Gasteiger partial charge in [0.1, 0.15) is 6.04 Å². The molecule has 5 nitrogen and oxygen atoms in total. The fourth-order valence-corrected chi connectivity index (χ4v) is 0.999. The summed E-state index contributed by atoms with van der Waals surface area (Å²) >= 11 is 0. The van der Waals surface area contributed by atoms with Crippen LogP contribution in [0, 0.1) is 5.92 Å². The molecule has 0 aliphatic heterocycles. The lowest BCUT2D eigenvalue weighted by molar-refractivity contribution is -0.143. The highest BCUT2D eigenvalue weighted by Crippen LogP contribution is 2.05. The first-order valence-electron chi connectivity index (χ1n) is 4.11. The van der Waals surface area contributed by atoms with Gasteiger partial charge in [0.25, 0.3) is 0 Å². The third-order valence-electron chi connectivity index (χ3n) is 1.51. The molecule has 1 unspecified atom stereocenters. The summed E-state index contributed by atoms with van der Waals surface area (Å²) in [7, 11) is 1.28. The van der Waals surface area contributed by atoms with Gasteiger partial charge in [0.2, 0.25) is 0 Å². The van der Waals surface area contributed by atoms with Gasteiger partial charge < -0.3 is 15.8 Å². The second kappa shape index (κ2) is 5.40. The van der Waals surface area contributed by atoms with E-state index in [1.807, 2.05) is 13.8 Å². The number of hydrogen-bond donors (Lipinski definition) is 2. The third-order valence-corrected chi connectivity index (χ3v) is 1.51. The zero-order valence-electron chi connectivity index (χ0n) is 8.16. The van der Waals surface area contributed by atoms with Crippen molar-refractivity contribution in [1.82, 2.24) is 5.32 Å². The molecule has 76 valence electrons. The molecule has 0 bridgehead atoms. The lowest BCUT2D eigenvalue weighted by Crippen LogP contribution is -2.44. The Labute approximate surface area is 77.6 Å². The summed E-state index contributed by atoms with van der Waals surface area (Å²) < 4.78 is 4.50. The van der Waals surface area contributed by atoms with Gasteiger partial charge in [-0.05, 0) is 12.3 Å². The predicted octanol–water partition coefficient (Wildman–Crippen LogP) is 0.242. The maximum Gasteiger partial charge on any atom is 0.328 e. The molecule has 0 saturated carbocycles. The second-order valence-electron chi connectivity index (χ2n) is 3.21. The van der Waals surface area contributed by atoms with Crippen LogP contribution in [0.3, 0.4) is 0 Å². The van der Waals surface area contributed by atoms with Gasteiger partial charge in [-0.3, -0.25) is 0 Å². The summed E-state index contributed by atoms with van der Waals surface area (Å²) in [5, 5.41) is 2.33. The monoisotopic (exact) mass is 188 g/mol. The highest BCUT2D eigenvalue weighted by Gasteiger charge is 2.21. The van der Waals surface area contributed by atoms with Crippen molar-refractivity contribution in [3.8, 4) is 0 Å². The first kappa shape index (κ1) is 11.7. The quantitative estimate of drug-likeness (QED) is 0.620. The number of ether oxygens (including phenoxy) is 1. The van der Waals surface area contributed by atoms with Crippen LogP contribution in [0.2, 0.25) is 0 Å². The van der Waals surface area contributed by atoms with E-state index in [4.69, 9.17) is 5.73 Å².